The molecule has 26 heavy (non-hydrogen) atoms. The maximum Gasteiger partial charge on any atom is 0.225 e. The number of hydrogen-bond donors (Lipinski definition) is 1. The average Bonchev–Trinajstić information content (AvgIpc) is 3.15. The molecule has 2 aliphatic carbocycles. The Labute approximate surface area is 159 Å². The summed E-state index contributed by atoms with van der Waals surface area (Å²) in [6.07, 6.45) is 9.13. The molecule has 142 valence electrons. The first kappa shape index (κ1) is 18.1. The fraction of sp³-hybridized carbons (Fsp3) is 0.700. The number of rotatable bonds is 5. The van der Waals surface area contributed by atoms with Crippen molar-refractivity contribution in [1.29, 1.82) is 0 Å². The van der Waals surface area contributed by atoms with Gasteiger partial charge >= 0.3 is 0 Å². The molecule has 2 heterocycles. The summed E-state index contributed by atoms with van der Waals surface area (Å²) in [5.74, 6) is 1.16. The third-order valence-electron chi connectivity index (χ3n) is 5.97. The molecule has 1 saturated carbocycles. The largest absolute Gasteiger partial charge is 0.474 e. The van der Waals surface area contributed by atoms with Crippen molar-refractivity contribution in [1.82, 2.24) is 14.9 Å². The van der Waals surface area contributed by atoms with Crippen LogP contribution in [0.5, 0.6) is 5.88 Å². The van der Waals surface area contributed by atoms with Gasteiger partial charge in [0.1, 0.15) is 17.3 Å². The Balaban J connectivity index is 1.58. The lowest BCUT2D eigenvalue weighted by atomic mass is 9.92. The minimum Gasteiger partial charge on any atom is -0.474 e. The Bertz CT molecular complexity index is 766. The molecule has 0 amide bonds. The third-order valence-corrected chi connectivity index (χ3v) is 7.15. The number of ether oxygens (including phenoxy) is 1. The molecule has 1 fully saturated rings. The molecule has 2 aliphatic rings. The van der Waals surface area contributed by atoms with Gasteiger partial charge in [0.2, 0.25) is 5.88 Å². The van der Waals surface area contributed by atoms with Crippen LogP contribution in [-0.4, -0.2) is 52.3 Å². The summed E-state index contributed by atoms with van der Waals surface area (Å²) in [7, 11) is 4.33. The normalized spacial score (nSPS) is 27.0. The van der Waals surface area contributed by atoms with Crippen LogP contribution in [0.2, 0.25) is 0 Å². The van der Waals surface area contributed by atoms with Gasteiger partial charge in [-0.25, -0.2) is 9.97 Å². The number of aliphatic hydroxyl groups is 1. The SMILES string of the molecule is C[C@@H](O)C[C@H]1CCc2sc3ncnc(OC4CCC(N(C)C)CC4)c3c21. The van der Waals surface area contributed by atoms with E-state index in [-0.39, 0.29) is 12.2 Å². The zero-order valence-electron chi connectivity index (χ0n) is 15.9. The lowest BCUT2D eigenvalue weighted by Gasteiger charge is -2.32. The van der Waals surface area contributed by atoms with Gasteiger partial charge < -0.3 is 14.7 Å². The molecule has 6 heteroatoms. The van der Waals surface area contributed by atoms with E-state index in [9.17, 15) is 5.11 Å². The first-order chi connectivity index (χ1) is 12.5. The highest BCUT2D eigenvalue weighted by Gasteiger charge is 2.32. The first-order valence-electron chi connectivity index (χ1n) is 9.80. The number of aliphatic hydroxyl groups excluding tert-OH is 1. The Hall–Kier alpha value is -1.24. The Morgan fingerprint density at radius 1 is 1.23 bits per heavy atom. The number of fused-ring (bicyclic) bond motifs is 3. The highest BCUT2D eigenvalue weighted by Crippen LogP contribution is 2.47. The molecule has 0 bridgehead atoms. The van der Waals surface area contributed by atoms with E-state index in [1.807, 2.05) is 6.92 Å². The summed E-state index contributed by atoms with van der Waals surface area (Å²) in [6, 6.07) is 0.668. The van der Waals surface area contributed by atoms with Crippen molar-refractivity contribution in [2.75, 3.05) is 14.1 Å². The number of nitrogens with zero attached hydrogens (tertiary/aromatic N) is 3. The molecule has 0 aromatic carbocycles. The minimum atomic E-state index is -0.281. The van der Waals surface area contributed by atoms with Gasteiger partial charge in [0.05, 0.1) is 11.5 Å². The second-order valence-electron chi connectivity index (χ2n) is 8.13. The van der Waals surface area contributed by atoms with Crippen molar-refractivity contribution < 1.29 is 9.84 Å². The van der Waals surface area contributed by atoms with Gasteiger partial charge in [0.15, 0.2) is 0 Å². The minimum absolute atomic E-state index is 0.247. The first-order valence-corrected chi connectivity index (χ1v) is 10.6. The van der Waals surface area contributed by atoms with Gasteiger partial charge in [-0.05, 0) is 77.4 Å². The summed E-state index contributed by atoms with van der Waals surface area (Å²) in [4.78, 5) is 13.8. The lowest BCUT2D eigenvalue weighted by Crippen LogP contribution is -2.35. The lowest BCUT2D eigenvalue weighted by molar-refractivity contribution is 0.108. The zero-order valence-corrected chi connectivity index (χ0v) is 16.8. The maximum absolute atomic E-state index is 9.88. The average molecular weight is 376 g/mol. The van der Waals surface area contributed by atoms with Crippen LogP contribution in [0.1, 0.15) is 61.8 Å². The molecule has 0 unspecified atom stereocenters. The van der Waals surface area contributed by atoms with Crippen LogP contribution in [0.3, 0.4) is 0 Å². The van der Waals surface area contributed by atoms with Crippen LogP contribution < -0.4 is 4.74 Å². The topological polar surface area (TPSA) is 58.5 Å². The summed E-state index contributed by atoms with van der Waals surface area (Å²) in [6.45, 7) is 1.88. The molecule has 2 aromatic rings. The van der Waals surface area contributed by atoms with Gasteiger partial charge in [0.25, 0.3) is 0 Å². The fourth-order valence-corrected chi connectivity index (χ4v) is 5.85. The Morgan fingerprint density at radius 2 is 2.00 bits per heavy atom. The molecular weight excluding hydrogens is 346 g/mol. The van der Waals surface area contributed by atoms with Crippen LogP contribution in [0.4, 0.5) is 0 Å². The Kier molecular flexibility index (Phi) is 5.17. The summed E-state index contributed by atoms with van der Waals surface area (Å²) in [5.41, 5.74) is 1.35. The van der Waals surface area contributed by atoms with E-state index >= 15 is 0 Å². The van der Waals surface area contributed by atoms with Gasteiger partial charge in [-0.15, -0.1) is 11.3 Å². The zero-order chi connectivity index (χ0) is 18.3. The van der Waals surface area contributed by atoms with E-state index in [0.29, 0.717) is 12.0 Å². The van der Waals surface area contributed by atoms with Crippen molar-refractivity contribution in [2.45, 2.75) is 76.0 Å². The molecule has 0 radical (unpaired) electrons. The van der Waals surface area contributed by atoms with E-state index < -0.39 is 0 Å². The number of hydrogen-bond acceptors (Lipinski definition) is 6. The molecule has 2 atom stereocenters. The van der Waals surface area contributed by atoms with E-state index in [4.69, 9.17) is 4.74 Å². The van der Waals surface area contributed by atoms with Crippen molar-refractivity contribution in [3.63, 3.8) is 0 Å². The van der Waals surface area contributed by atoms with Gasteiger partial charge in [0, 0.05) is 10.9 Å². The summed E-state index contributed by atoms with van der Waals surface area (Å²) >= 11 is 1.78. The molecule has 0 saturated heterocycles. The summed E-state index contributed by atoms with van der Waals surface area (Å²) in [5, 5.41) is 11.0. The van der Waals surface area contributed by atoms with E-state index in [1.54, 1.807) is 17.7 Å². The van der Waals surface area contributed by atoms with Gasteiger partial charge in [-0.3, -0.25) is 0 Å². The second kappa shape index (κ2) is 7.41. The monoisotopic (exact) mass is 375 g/mol. The van der Waals surface area contributed by atoms with Crippen LogP contribution in [0, 0.1) is 0 Å². The van der Waals surface area contributed by atoms with Crippen molar-refractivity contribution in [3.8, 4) is 5.88 Å². The van der Waals surface area contributed by atoms with E-state index in [0.717, 1.165) is 48.2 Å². The fourth-order valence-electron chi connectivity index (χ4n) is 4.61. The molecular formula is C20H29N3O2S. The predicted octanol–water partition coefficient (Wildman–Crippen LogP) is 3.74. The van der Waals surface area contributed by atoms with Crippen molar-refractivity contribution in [2.24, 2.45) is 0 Å². The Morgan fingerprint density at radius 3 is 2.69 bits per heavy atom. The standard InChI is InChI=1S/C20H29N3O2S/c1-12(24)10-13-4-9-16-17(13)18-19(21-11-22-20(18)26-16)25-15-7-5-14(6-8-15)23(2)3/h11-15,24H,4-10H2,1-3H3/t12-,13-,14?,15?/m1/s1. The smallest absolute Gasteiger partial charge is 0.225 e. The van der Waals surface area contributed by atoms with Crippen LogP contribution in [0.25, 0.3) is 10.2 Å². The number of thiophene rings is 1. The summed E-state index contributed by atoms with van der Waals surface area (Å²) < 4.78 is 6.41. The van der Waals surface area contributed by atoms with Crippen LogP contribution >= 0.6 is 11.3 Å². The second-order valence-corrected chi connectivity index (χ2v) is 9.21. The number of aromatic nitrogens is 2. The molecule has 1 N–H and O–H groups in total. The van der Waals surface area contributed by atoms with Crippen LogP contribution in [-0.2, 0) is 6.42 Å². The molecule has 2 aromatic heterocycles. The van der Waals surface area contributed by atoms with Crippen molar-refractivity contribution >= 4 is 21.6 Å². The van der Waals surface area contributed by atoms with Gasteiger partial charge in [-0.1, -0.05) is 0 Å². The van der Waals surface area contributed by atoms with Crippen molar-refractivity contribution in [3.05, 3.63) is 16.8 Å². The predicted molar refractivity (Wildman–Crippen MR) is 105 cm³/mol. The highest BCUT2D eigenvalue weighted by molar-refractivity contribution is 7.19. The molecule has 5 nitrogen and oxygen atoms in total. The van der Waals surface area contributed by atoms with Gasteiger partial charge in [-0.2, -0.15) is 0 Å². The highest BCUT2D eigenvalue weighted by atomic mass is 32.1. The quantitative estimate of drug-likeness (QED) is 0.863. The van der Waals surface area contributed by atoms with E-state index in [1.165, 1.54) is 23.3 Å². The molecule has 0 spiro atoms. The maximum atomic E-state index is 9.88. The molecule has 4 rings (SSSR count). The van der Waals surface area contributed by atoms with E-state index in [2.05, 4.69) is 29.0 Å². The van der Waals surface area contributed by atoms with Crippen LogP contribution in [0.15, 0.2) is 6.33 Å². The third kappa shape index (κ3) is 3.47. The molecule has 0 aliphatic heterocycles. The number of aryl methyl sites for hydroxylation is 1.